The van der Waals surface area contributed by atoms with Crippen molar-refractivity contribution >= 4 is 23.2 Å². The van der Waals surface area contributed by atoms with Gasteiger partial charge in [0.15, 0.2) is 0 Å². The van der Waals surface area contributed by atoms with Crippen LogP contribution >= 0.6 is 11.6 Å². The summed E-state index contributed by atoms with van der Waals surface area (Å²) in [6.07, 6.45) is 0.763. The monoisotopic (exact) mass is 330 g/mol. The standard InChI is InChI=1S/C18H19ClN2O2/c1-23-17-9-5-2-6-13(17)12-20-15-10-11-21(18(15)22)16-8-4-3-7-14(16)19/h2-9,15,20H,10-12H2,1H3. The summed E-state index contributed by atoms with van der Waals surface area (Å²) >= 11 is 6.20. The maximum Gasteiger partial charge on any atom is 0.244 e. The number of carbonyl (C=O) groups excluding carboxylic acids is 1. The number of carbonyl (C=O) groups is 1. The predicted octanol–water partition coefficient (Wildman–Crippen LogP) is 3.24. The fourth-order valence-corrected chi connectivity index (χ4v) is 3.10. The minimum absolute atomic E-state index is 0.0630. The van der Waals surface area contributed by atoms with Crippen molar-refractivity contribution in [3.05, 3.63) is 59.1 Å². The molecule has 4 nitrogen and oxygen atoms in total. The second kappa shape index (κ2) is 7.02. The van der Waals surface area contributed by atoms with Crippen molar-refractivity contribution in [1.82, 2.24) is 5.32 Å². The molecule has 5 heteroatoms. The molecule has 0 spiro atoms. The fourth-order valence-electron chi connectivity index (χ4n) is 2.86. The molecule has 0 aromatic heterocycles. The number of rotatable bonds is 5. The van der Waals surface area contributed by atoms with Crippen molar-refractivity contribution in [3.8, 4) is 5.75 Å². The lowest BCUT2D eigenvalue weighted by molar-refractivity contribution is -0.118. The Morgan fingerprint density at radius 3 is 2.74 bits per heavy atom. The number of amides is 1. The molecular formula is C18H19ClN2O2. The van der Waals surface area contributed by atoms with Crippen LogP contribution < -0.4 is 15.0 Å². The van der Waals surface area contributed by atoms with Crippen LogP contribution in [0.4, 0.5) is 5.69 Å². The highest BCUT2D eigenvalue weighted by molar-refractivity contribution is 6.33. The third-order valence-corrected chi connectivity index (χ3v) is 4.40. The summed E-state index contributed by atoms with van der Waals surface area (Å²) < 4.78 is 5.34. The van der Waals surface area contributed by atoms with Crippen LogP contribution in [0.25, 0.3) is 0 Å². The van der Waals surface area contributed by atoms with Gasteiger partial charge >= 0.3 is 0 Å². The molecule has 0 radical (unpaired) electrons. The number of hydrogen-bond donors (Lipinski definition) is 1. The van der Waals surface area contributed by atoms with Crippen molar-refractivity contribution < 1.29 is 9.53 Å². The first-order chi connectivity index (χ1) is 11.2. The van der Waals surface area contributed by atoms with Crippen molar-refractivity contribution in [1.29, 1.82) is 0 Å². The van der Waals surface area contributed by atoms with E-state index in [-0.39, 0.29) is 11.9 Å². The molecule has 2 aromatic carbocycles. The molecule has 0 saturated carbocycles. The molecule has 1 aliphatic rings. The van der Waals surface area contributed by atoms with Crippen molar-refractivity contribution in [3.63, 3.8) is 0 Å². The molecule has 1 atom stereocenters. The van der Waals surface area contributed by atoms with E-state index >= 15 is 0 Å². The highest BCUT2D eigenvalue weighted by Gasteiger charge is 2.33. The molecule has 1 aliphatic heterocycles. The van der Waals surface area contributed by atoms with Gasteiger partial charge in [0.05, 0.1) is 23.9 Å². The molecule has 1 fully saturated rings. The highest BCUT2D eigenvalue weighted by atomic mass is 35.5. The molecular weight excluding hydrogens is 312 g/mol. The van der Waals surface area contributed by atoms with E-state index in [4.69, 9.17) is 16.3 Å². The quantitative estimate of drug-likeness (QED) is 0.915. The zero-order valence-corrected chi connectivity index (χ0v) is 13.7. The Morgan fingerprint density at radius 1 is 1.22 bits per heavy atom. The SMILES string of the molecule is COc1ccccc1CNC1CCN(c2ccccc2Cl)C1=O. The van der Waals surface area contributed by atoms with Gasteiger partial charge in [-0.15, -0.1) is 0 Å². The molecule has 1 heterocycles. The molecule has 120 valence electrons. The number of ether oxygens (including phenoxy) is 1. The Hall–Kier alpha value is -2.04. The van der Waals surface area contributed by atoms with E-state index in [1.807, 2.05) is 42.5 Å². The summed E-state index contributed by atoms with van der Waals surface area (Å²) in [5, 5.41) is 3.93. The van der Waals surface area contributed by atoms with E-state index in [2.05, 4.69) is 5.32 Å². The highest BCUT2D eigenvalue weighted by Crippen LogP contribution is 2.29. The molecule has 0 aliphatic carbocycles. The van der Waals surface area contributed by atoms with Gasteiger partial charge in [0.2, 0.25) is 5.91 Å². The van der Waals surface area contributed by atoms with Crippen molar-refractivity contribution in [2.24, 2.45) is 0 Å². The average Bonchev–Trinajstić information content (AvgIpc) is 2.94. The molecule has 2 aromatic rings. The van der Waals surface area contributed by atoms with Gasteiger partial charge in [0.25, 0.3) is 0 Å². The minimum Gasteiger partial charge on any atom is -0.496 e. The maximum absolute atomic E-state index is 12.6. The van der Waals surface area contributed by atoms with Gasteiger partial charge in [-0.1, -0.05) is 41.9 Å². The van der Waals surface area contributed by atoms with Crippen LogP contribution in [0, 0.1) is 0 Å². The van der Waals surface area contributed by atoms with E-state index in [1.54, 1.807) is 18.1 Å². The topological polar surface area (TPSA) is 41.6 Å². The van der Waals surface area contributed by atoms with Gasteiger partial charge in [-0.3, -0.25) is 4.79 Å². The van der Waals surface area contributed by atoms with E-state index in [0.29, 0.717) is 18.1 Å². The zero-order chi connectivity index (χ0) is 16.2. The van der Waals surface area contributed by atoms with Crippen molar-refractivity contribution in [2.45, 2.75) is 19.0 Å². The molecule has 0 bridgehead atoms. The van der Waals surface area contributed by atoms with Crippen LogP contribution in [0.15, 0.2) is 48.5 Å². The van der Waals surface area contributed by atoms with Crippen LogP contribution in [-0.2, 0) is 11.3 Å². The first-order valence-corrected chi connectivity index (χ1v) is 7.99. The van der Waals surface area contributed by atoms with Gasteiger partial charge in [-0.2, -0.15) is 0 Å². The second-order valence-electron chi connectivity index (χ2n) is 5.48. The van der Waals surface area contributed by atoms with Gasteiger partial charge < -0.3 is 15.0 Å². The average molecular weight is 331 g/mol. The number of methoxy groups -OCH3 is 1. The molecule has 1 saturated heterocycles. The van der Waals surface area contributed by atoms with Gasteiger partial charge in [-0.25, -0.2) is 0 Å². The normalized spacial score (nSPS) is 17.6. The first-order valence-electron chi connectivity index (χ1n) is 7.62. The number of nitrogens with one attached hydrogen (secondary N) is 1. The Bertz CT molecular complexity index is 705. The molecule has 1 unspecified atom stereocenters. The lowest BCUT2D eigenvalue weighted by Gasteiger charge is -2.18. The number of para-hydroxylation sites is 2. The Labute approximate surface area is 141 Å². The summed E-state index contributed by atoms with van der Waals surface area (Å²) in [6.45, 7) is 1.27. The maximum atomic E-state index is 12.6. The first kappa shape index (κ1) is 15.8. The van der Waals surface area contributed by atoms with E-state index in [9.17, 15) is 4.79 Å². The fraction of sp³-hybridized carbons (Fsp3) is 0.278. The molecule has 1 amide bonds. The van der Waals surface area contributed by atoms with E-state index in [1.165, 1.54) is 0 Å². The van der Waals surface area contributed by atoms with E-state index in [0.717, 1.165) is 23.4 Å². The van der Waals surface area contributed by atoms with Crippen molar-refractivity contribution in [2.75, 3.05) is 18.6 Å². The number of benzene rings is 2. The zero-order valence-electron chi connectivity index (χ0n) is 13.0. The van der Waals surface area contributed by atoms with Gasteiger partial charge in [0, 0.05) is 18.7 Å². The van der Waals surface area contributed by atoms with Crippen LogP contribution in [-0.4, -0.2) is 25.6 Å². The molecule has 1 N–H and O–H groups in total. The summed E-state index contributed by atoms with van der Waals surface area (Å²) in [5.74, 6) is 0.890. The summed E-state index contributed by atoms with van der Waals surface area (Å²) in [7, 11) is 1.65. The summed E-state index contributed by atoms with van der Waals surface area (Å²) in [5.41, 5.74) is 1.82. The Balaban J connectivity index is 1.67. The smallest absolute Gasteiger partial charge is 0.244 e. The number of halogens is 1. The lowest BCUT2D eigenvalue weighted by Crippen LogP contribution is -2.38. The molecule has 3 rings (SSSR count). The van der Waals surface area contributed by atoms with Gasteiger partial charge in [-0.05, 0) is 24.6 Å². The van der Waals surface area contributed by atoms with Crippen LogP contribution in [0.2, 0.25) is 5.02 Å². The van der Waals surface area contributed by atoms with Crippen LogP contribution in [0.3, 0.4) is 0 Å². The number of hydrogen-bond acceptors (Lipinski definition) is 3. The van der Waals surface area contributed by atoms with E-state index < -0.39 is 0 Å². The summed E-state index contributed by atoms with van der Waals surface area (Å²) in [6, 6.07) is 15.1. The lowest BCUT2D eigenvalue weighted by atomic mass is 10.1. The third kappa shape index (κ3) is 3.33. The number of nitrogens with zero attached hydrogens (tertiary/aromatic N) is 1. The van der Waals surface area contributed by atoms with Gasteiger partial charge in [0.1, 0.15) is 5.75 Å². The Kier molecular flexibility index (Phi) is 4.84. The molecule has 23 heavy (non-hydrogen) atoms. The summed E-state index contributed by atoms with van der Waals surface area (Å²) in [4.78, 5) is 14.4. The predicted molar refractivity (Wildman–Crippen MR) is 92.0 cm³/mol. The second-order valence-corrected chi connectivity index (χ2v) is 5.88. The minimum atomic E-state index is -0.198. The Morgan fingerprint density at radius 2 is 1.96 bits per heavy atom. The van der Waals surface area contributed by atoms with Crippen LogP contribution in [0.1, 0.15) is 12.0 Å². The number of anilines is 1. The van der Waals surface area contributed by atoms with Crippen LogP contribution in [0.5, 0.6) is 5.75 Å². The largest absolute Gasteiger partial charge is 0.496 e. The third-order valence-electron chi connectivity index (χ3n) is 4.08.